The molecule has 11 nitrogen and oxygen atoms in total. The van der Waals surface area contributed by atoms with Gasteiger partial charge >= 0.3 is 18.2 Å². The standard InChI is InChI=1S/C26H35N5O6/c1-25(2,3)36-23(34)29-15-13-28(14-16-29)19-8-7-18(30-12-10-20(32)27-22(30)33)17-9-11-31(21(17)19)24(35)37-26(4,5)6/h7-9,11H,10,12-16H2,1-6H3,(H,27,32,33). The molecule has 1 N–H and O–H groups in total. The first-order chi connectivity index (χ1) is 17.2. The zero-order valence-corrected chi connectivity index (χ0v) is 22.3. The van der Waals surface area contributed by atoms with E-state index in [9.17, 15) is 19.2 Å². The second kappa shape index (κ2) is 9.60. The molecule has 0 aliphatic carbocycles. The van der Waals surface area contributed by atoms with E-state index in [1.807, 2.05) is 32.9 Å². The van der Waals surface area contributed by atoms with Gasteiger partial charge < -0.3 is 19.3 Å². The van der Waals surface area contributed by atoms with E-state index in [1.54, 1.807) is 37.9 Å². The van der Waals surface area contributed by atoms with Crippen molar-refractivity contribution in [1.82, 2.24) is 14.8 Å². The van der Waals surface area contributed by atoms with Crippen LogP contribution in [-0.2, 0) is 14.3 Å². The van der Waals surface area contributed by atoms with Crippen molar-refractivity contribution in [2.45, 2.75) is 59.2 Å². The van der Waals surface area contributed by atoms with Gasteiger partial charge in [-0.1, -0.05) is 0 Å². The summed E-state index contributed by atoms with van der Waals surface area (Å²) >= 11 is 0. The highest BCUT2D eigenvalue weighted by Crippen LogP contribution is 2.37. The van der Waals surface area contributed by atoms with Crippen LogP contribution >= 0.6 is 0 Å². The van der Waals surface area contributed by atoms with Gasteiger partial charge in [0.1, 0.15) is 11.2 Å². The van der Waals surface area contributed by atoms with Gasteiger partial charge in [0.05, 0.1) is 16.9 Å². The Hall–Kier alpha value is -3.76. The third kappa shape index (κ3) is 5.81. The third-order valence-electron chi connectivity index (χ3n) is 6.01. The number of nitrogens with zero attached hydrogens (tertiary/aromatic N) is 4. The van der Waals surface area contributed by atoms with E-state index >= 15 is 0 Å². The summed E-state index contributed by atoms with van der Waals surface area (Å²) in [7, 11) is 0. The molecule has 11 heteroatoms. The lowest BCUT2D eigenvalue weighted by Gasteiger charge is -2.37. The van der Waals surface area contributed by atoms with Crippen molar-refractivity contribution in [3.63, 3.8) is 0 Å². The number of hydrogen-bond donors (Lipinski definition) is 1. The molecule has 1 aromatic carbocycles. The van der Waals surface area contributed by atoms with Crippen molar-refractivity contribution in [2.24, 2.45) is 0 Å². The Bertz CT molecular complexity index is 1230. The number of carbonyl (C=O) groups excluding carboxylic acids is 4. The number of piperazine rings is 1. The number of hydrogen-bond acceptors (Lipinski definition) is 7. The Kier molecular flexibility index (Phi) is 6.83. The average Bonchev–Trinajstić information content (AvgIpc) is 3.22. The largest absolute Gasteiger partial charge is 0.444 e. The SMILES string of the molecule is CC(C)(C)OC(=O)N1CCN(c2ccc(N3CCC(=O)NC3=O)c3ccn(C(=O)OC(C)(C)C)c23)CC1. The van der Waals surface area contributed by atoms with E-state index in [4.69, 9.17) is 9.47 Å². The Morgan fingerprint density at radius 3 is 2.00 bits per heavy atom. The van der Waals surface area contributed by atoms with E-state index in [1.165, 1.54) is 9.47 Å². The number of ether oxygens (including phenoxy) is 2. The van der Waals surface area contributed by atoms with E-state index in [0.717, 1.165) is 5.69 Å². The zero-order chi connectivity index (χ0) is 27.1. The normalized spacial score (nSPS) is 17.2. The molecule has 3 heterocycles. The van der Waals surface area contributed by atoms with Gasteiger partial charge in [-0.25, -0.2) is 14.4 Å². The van der Waals surface area contributed by atoms with Crippen molar-refractivity contribution in [2.75, 3.05) is 42.5 Å². The first-order valence-corrected chi connectivity index (χ1v) is 12.5. The maximum Gasteiger partial charge on any atom is 0.419 e. The number of imide groups is 1. The summed E-state index contributed by atoms with van der Waals surface area (Å²) in [6.45, 7) is 13.1. The van der Waals surface area contributed by atoms with Crippen LogP contribution in [0.2, 0.25) is 0 Å². The van der Waals surface area contributed by atoms with Gasteiger partial charge in [-0.15, -0.1) is 0 Å². The summed E-state index contributed by atoms with van der Waals surface area (Å²) in [5.41, 5.74) is 0.709. The minimum Gasteiger partial charge on any atom is -0.444 e. The molecule has 2 saturated heterocycles. The van der Waals surface area contributed by atoms with Crippen LogP contribution in [0.15, 0.2) is 24.4 Å². The molecule has 37 heavy (non-hydrogen) atoms. The van der Waals surface area contributed by atoms with Crippen molar-refractivity contribution < 1.29 is 28.7 Å². The lowest BCUT2D eigenvalue weighted by atomic mass is 10.1. The van der Waals surface area contributed by atoms with Crippen LogP contribution in [0, 0.1) is 0 Å². The summed E-state index contributed by atoms with van der Waals surface area (Å²) in [6.07, 6.45) is 0.936. The molecule has 2 aromatic rings. The molecule has 2 fully saturated rings. The number of aromatic nitrogens is 1. The monoisotopic (exact) mass is 513 g/mol. The van der Waals surface area contributed by atoms with Gasteiger partial charge in [-0.05, 0) is 59.7 Å². The highest BCUT2D eigenvalue weighted by Gasteiger charge is 2.31. The number of amides is 4. The van der Waals surface area contributed by atoms with Gasteiger partial charge in [-0.2, -0.15) is 0 Å². The van der Waals surface area contributed by atoms with Gasteiger partial charge in [0.15, 0.2) is 0 Å². The number of fused-ring (bicyclic) bond motifs is 1. The Balaban J connectivity index is 1.69. The molecule has 0 spiro atoms. The highest BCUT2D eigenvalue weighted by molar-refractivity contribution is 6.12. The molecule has 0 atom stereocenters. The van der Waals surface area contributed by atoms with Crippen molar-refractivity contribution in [3.05, 3.63) is 24.4 Å². The maximum atomic E-state index is 13.2. The first-order valence-electron chi connectivity index (χ1n) is 12.5. The molecule has 2 aliphatic heterocycles. The molecule has 0 saturated carbocycles. The summed E-state index contributed by atoms with van der Waals surface area (Å²) in [5.74, 6) is -0.316. The van der Waals surface area contributed by atoms with Gasteiger partial charge in [0.2, 0.25) is 5.91 Å². The minimum atomic E-state index is -0.697. The maximum absolute atomic E-state index is 13.2. The number of rotatable bonds is 2. The molecule has 4 rings (SSSR count). The molecule has 0 radical (unpaired) electrons. The van der Waals surface area contributed by atoms with E-state index in [0.29, 0.717) is 42.8 Å². The summed E-state index contributed by atoms with van der Waals surface area (Å²) < 4.78 is 12.6. The van der Waals surface area contributed by atoms with Crippen LogP contribution in [0.25, 0.3) is 10.9 Å². The van der Waals surface area contributed by atoms with Crippen LogP contribution < -0.4 is 15.1 Å². The van der Waals surface area contributed by atoms with E-state index < -0.39 is 23.3 Å². The lowest BCUT2D eigenvalue weighted by Crippen LogP contribution is -2.50. The third-order valence-corrected chi connectivity index (χ3v) is 6.01. The molecule has 200 valence electrons. The number of carbonyl (C=O) groups is 4. The molecular formula is C26H35N5O6. The van der Waals surface area contributed by atoms with E-state index in [-0.39, 0.29) is 25.0 Å². The van der Waals surface area contributed by atoms with Crippen LogP contribution in [0.5, 0.6) is 0 Å². The van der Waals surface area contributed by atoms with Crippen LogP contribution in [0.4, 0.5) is 25.8 Å². The predicted molar refractivity (Wildman–Crippen MR) is 139 cm³/mol. The van der Waals surface area contributed by atoms with Gasteiger partial charge in [0, 0.05) is 50.7 Å². The molecule has 4 amide bonds. The number of nitrogens with one attached hydrogen (secondary N) is 1. The number of benzene rings is 1. The Morgan fingerprint density at radius 1 is 0.811 bits per heavy atom. The second-order valence-corrected chi connectivity index (χ2v) is 11.2. The van der Waals surface area contributed by atoms with Crippen molar-refractivity contribution in [1.29, 1.82) is 0 Å². The fraction of sp³-hybridized carbons (Fsp3) is 0.538. The van der Waals surface area contributed by atoms with Crippen molar-refractivity contribution in [3.8, 4) is 0 Å². The molecule has 0 unspecified atom stereocenters. The minimum absolute atomic E-state index is 0.189. The average molecular weight is 514 g/mol. The summed E-state index contributed by atoms with van der Waals surface area (Å²) in [6, 6.07) is 4.97. The topological polar surface area (TPSA) is 113 Å². The fourth-order valence-electron chi connectivity index (χ4n) is 4.43. The van der Waals surface area contributed by atoms with Gasteiger partial charge in [-0.3, -0.25) is 19.6 Å². The van der Waals surface area contributed by atoms with Gasteiger partial charge in [0.25, 0.3) is 0 Å². The summed E-state index contributed by atoms with van der Waals surface area (Å²) in [5, 5.41) is 3.04. The predicted octanol–water partition coefficient (Wildman–Crippen LogP) is 3.93. The van der Waals surface area contributed by atoms with Crippen molar-refractivity contribution >= 4 is 46.4 Å². The van der Waals surface area contributed by atoms with Crippen LogP contribution in [0.3, 0.4) is 0 Å². The van der Waals surface area contributed by atoms with Crippen LogP contribution in [0.1, 0.15) is 48.0 Å². The fourth-order valence-corrected chi connectivity index (χ4v) is 4.43. The molecule has 1 aromatic heterocycles. The Labute approximate surface area is 216 Å². The Morgan fingerprint density at radius 2 is 1.41 bits per heavy atom. The summed E-state index contributed by atoms with van der Waals surface area (Å²) in [4.78, 5) is 55.3. The molecule has 2 aliphatic rings. The quantitative estimate of drug-likeness (QED) is 0.647. The second-order valence-electron chi connectivity index (χ2n) is 11.2. The van der Waals surface area contributed by atoms with Crippen LogP contribution in [-0.4, -0.2) is 77.5 Å². The number of anilines is 2. The van der Waals surface area contributed by atoms with E-state index in [2.05, 4.69) is 10.2 Å². The smallest absolute Gasteiger partial charge is 0.419 e. The zero-order valence-electron chi connectivity index (χ0n) is 22.3. The highest BCUT2D eigenvalue weighted by atomic mass is 16.6. The molecule has 0 bridgehead atoms. The first kappa shape index (κ1) is 26.3. The lowest BCUT2D eigenvalue weighted by molar-refractivity contribution is -0.120. The molecular weight excluding hydrogens is 478 g/mol. The number of urea groups is 1.